The molecular formula is C24H22N2O4. The fourth-order valence-electron chi connectivity index (χ4n) is 3.68. The quantitative estimate of drug-likeness (QED) is 0.643. The lowest BCUT2D eigenvalue weighted by Gasteiger charge is -2.30. The normalized spacial score (nSPS) is 15.2. The zero-order valence-corrected chi connectivity index (χ0v) is 16.6. The lowest BCUT2D eigenvalue weighted by molar-refractivity contribution is 0.0901. The van der Waals surface area contributed by atoms with Crippen LogP contribution in [0, 0.1) is 0 Å². The summed E-state index contributed by atoms with van der Waals surface area (Å²) in [5.41, 5.74) is 1.59. The van der Waals surface area contributed by atoms with Crippen LogP contribution >= 0.6 is 0 Å². The number of fused-ring (bicyclic) bond motifs is 1. The molecule has 1 aliphatic rings. The van der Waals surface area contributed by atoms with Gasteiger partial charge in [-0.05, 0) is 24.5 Å². The van der Waals surface area contributed by atoms with Gasteiger partial charge in [0.25, 0.3) is 5.91 Å². The van der Waals surface area contributed by atoms with Crippen molar-refractivity contribution in [1.29, 1.82) is 0 Å². The van der Waals surface area contributed by atoms with Gasteiger partial charge in [-0.15, -0.1) is 0 Å². The molecule has 1 atom stereocenters. The molecule has 1 unspecified atom stereocenters. The van der Waals surface area contributed by atoms with Crippen LogP contribution in [0.15, 0.2) is 71.7 Å². The van der Waals surface area contributed by atoms with Gasteiger partial charge in [0.05, 0.1) is 11.6 Å². The van der Waals surface area contributed by atoms with E-state index in [0.717, 1.165) is 11.1 Å². The van der Waals surface area contributed by atoms with Gasteiger partial charge in [-0.1, -0.05) is 60.7 Å². The van der Waals surface area contributed by atoms with E-state index in [1.807, 2.05) is 60.7 Å². The molecule has 0 aliphatic carbocycles. The van der Waals surface area contributed by atoms with Gasteiger partial charge < -0.3 is 14.6 Å². The second kappa shape index (κ2) is 8.37. The predicted molar refractivity (Wildman–Crippen MR) is 113 cm³/mol. The SMILES string of the molecule is CC(=O)c1cn2c(c(OCc3ccccc3)c1=O)C(=O)NCC2Cc1ccccc1. The molecule has 2 aromatic carbocycles. The highest BCUT2D eigenvalue weighted by Gasteiger charge is 2.31. The zero-order chi connectivity index (χ0) is 21.1. The average molecular weight is 402 g/mol. The van der Waals surface area contributed by atoms with Gasteiger partial charge in [-0.25, -0.2) is 0 Å². The first-order valence-electron chi connectivity index (χ1n) is 9.83. The van der Waals surface area contributed by atoms with Crippen molar-refractivity contribution in [2.75, 3.05) is 6.54 Å². The minimum atomic E-state index is -0.555. The van der Waals surface area contributed by atoms with Crippen molar-refractivity contribution in [2.24, 2.45) is 0 Å². The number of nitrogens with zero attached hydrogens (tertiary/aromatic N) is 1. The monoisotopic (exact) mass is 402 g/mol. The number of hydrogen-bond donors (Lipinski definition) is 1. The molecule has 0 radical (unpaired) electrons. The van der Waals surface area contributed by atoms with Crippen molar-refractivity contribution < 1.29 is 14.3 Å². The molecule has 4 rings (SSSR count). The molecule has 152 valence electrons. The molecule has 2 heterocycles. The van der Waals surface area contributed by atoms with Crippen LogP contribution in [0.2, 0.25) is 0 Å². The molecule has 0 saturated heterocycles. The van der Waals surface area contributed by atoms with Crippen molar-refractivity contribution in [1.82, 2.24) is 9.88 Å². The number of carbonyl (C=O) groups is 2. The van der Waals surface area contributed by atoms with Crippen LogP contribution in [0.4, 0.5) is 0 Å². The van der Waals surface area contributed by atoms with Crippen LogP contribution in [0.25, 0.3) is 0 Å². The van der Waals surface area contributed by atoms with Gasteiger partial charge in [0.2, 0.25) is 5.43 Å². The molecule has 6 heteroatoms. The maximum Gasteiger partial charge on any atom is 0.272 e. The second-order valence-corrected chi connectivity index (χ2v) is 7.34. The molecular weight excluding hydrogens is 380 g/mol. The summed E-state index contributed by atoms with van der Waals surface area (Å²) in [4.78, 5) is 37.8. The zero-order valence-electron chi connectivity index (χ0n) is 16.6. The number of nitrogens with one attached hydrogen (secondary N) is 1. The molecule has 1 aromatic heterocycles. The van der Waals surface area contributed by atoms with Gasteiger partial charge in [-0.3, -0.25) is 14.4 Å². The number of carbonyl (C=O) groups excluding carboxylic acids is 2. The van der Waals surface area contributed by atoms with E-state index < -0.39 is 5.43 Å². The van der Waals surface area contributed by atoms with Crippen molar-refractivity contribution in [3.63, 3.8) is 0 Å². The van der Waals surface area contributed by atoms with E-state index in [9.17, 15) is 14.4 Å². The Kier molecular flexibility index (Phi) is 5.48. The number of Topliss-reactive ketones (excluding diaryl/α,β-unsaturated/α-hetero) is 1. The first-order chi connectivity index (χ1) is 14.5. The Morgan fingerprint density at radius 1 is 1.03 bits per heavy atom. The highest BCUT2D eigenvalue weighted by Crippen LogP contribution is 2.26. The molecule has 6 nitrogen and oxygen atoms in total. The fraction of sp³-hybridized carbons (Fsp3) is 0.208. The second-order valence-electron chi connectivity index (χ2n) is 7.34. The van der Waals surface area contributed by atoms with Gasteiger partial charge in [0, 0.05) is 12.7 Å². The minimum absolute atomic E-state index is 0.0228. The molecule has 0 spiro atoms. The topological polar surface area (TPSA) is 77.4 Å². The van der Waals surface area contributed by atoms with Crippen LogP contribution in [-0.2, 0) is 13.0 Å². The number of aromatic nitrogens is 1. The molecule has 0 fully saturated rings. The highest BCUT2D eigenvalue weighted by molar-refractivity contribution is 5.99. The molecule has 1 N–H and O–H groups in total. The lowest BCUT2D eigenvalue weighted by Crippen LogP contribution is -2.42. The molecule has 0 bridgehead atoms. The number of benzene rings is 2. The third-order valence-electron chi connectivity index (χ3n) is 5.22. The molecule has 3 aromatic rings. The van der Waals surface area contributed by atoms with Crippen molar-refractivity contribution in [3.05, 3.63) is 99.5 Å². The van der Waals surface area contributed by atoms with Gasteiger partial charge in [-0.2, -0.15) is 0 Å². The lowest BCUT2D eigenvalue weighted by atomic mass is 10.0. The first-order valence-corrected chi connectivity index (χ1v) is 9.83. The predicted octanol–water partition coefficient (Wildman–Crippen LogP) is 3.16. The van der Waals surface area contributed by atoms with E-state index in [0.29, 0.717) is 13.0 Å². The summed E-state index contributed by atoms with van der Waals surface area (Å²) in [5.74, 6) is -0.819. The van der Waals surface area contributed by atoms with Gasteiger partial charge >= 0.3 is 0 Å². The third kappa shape index (κ3) is 3.89. The Balaban J connectivity index is 1.78. The fourth-order valence-corrected chi connectivity index (χ4v) is 3.68. The van der Waals surface area contributed by atoms with Crippen molar-refractivity contribution in [2.45, 2.75) is 26.0 Å². The Labute approximate surface area is 174 Å². The minimum Gasteiger partial charge on any atom is -0.483 e. The summed E-state index contributed by atoms with van der Waals surface area (Å²) >= 11 is 0. The number of hydrogen-bond acceptors (Lipinski definition) is 4. The van der Waals surface area contributed by atoms with Crippen LogP contribution in [0.5, 0.6) is 5.75 Å². The van der Waals surface area contributed by atoms with Crippen LogP contribution in [-0.4, -0.2) is 22.8 Å². The maximum atomic E-state index is 13.0. The van der Waals surface area contributed by atoms with E-state index >= 15 is 0 Å². The van der Waals surface area contributed by atoms with Crippen LogP contribution in [0.3, 0.4) is 0 Å². The molecule has 1 amide bonds. The maximum absolute atomic E-state index is 13.0. The average Bonchev–Trinajstić information content (AvgIpc) is 2.76. The number of rotatable bonds is 6. The van der Waals surface area contributed by atoms with E-state index in [1.54, 1.807) is 4.57 Å². The summed E-state index contributed by atoms with van der Waals surface area (Å²) in [6.45, 7) is 1.87. The van der Waals surface area contributed by atoms with E-state index in [4.69, 9.17) is 4.74 Å². The molecule has 0 saturated carbocycles. The first kappa shape index (κ1) is 19.6. The number of pyridine rings is 1. The van der Waals surface area contributed by atoms with Crippen LogP contribution in [0.1, 0.15) is 44.9 Å². The summed E-state index contributed by atoms with van der Waals surface area (Å²) in [6.07, 6.45) is 2.15. The summed E-state index contributed by atoms with van der Waals surface area (Å²) in [6, 6.07) is 19.1. The molecule has 30 heavy (non-hydrogen) atoms. The smallest absolute Gasteiger partial charge is 0.272 e. The summed E-state index contributed by atoms with van der Waals surface area (Å²) in [7, 11) is 0. The largest absolute Gasteiger partial charge is 0.483 e. The van der Waals surface area contributed by atoms with Crippen LogP contribution < -0.4 is 15.5 Å². The number of ketones is 1. The Bertz CT molecular complexity index is 1140. The van der Waals surface area contributed by atoms with Gasteiger partial charge in [0.1, 0.15) is 6.61 Å². The Hall–Kier alpha value is -3.67. The Morgan fingerprint density at radius 3 is 2.30 bits per heavy atom. The number of ether oxygens (including phenoxy) is 1. The highest BCUT2D eigenvalue weighted by atomic mass is 16.5. The summed E-state index contributed by atoms with van der Waals surface area (Å²) in [5, 5.41) is 2.86. The van der Waals surface area contributed by atoms with E-state index in [-0.39, 0.29) is 41.3 Å². The number of amides is 1. The van der Waals surface area contributed by atoms with Crippen molar-refractivity contribution >= 4 is 11.7 Å². The van der Waals surface area contributed by atoms with E-state index in [1.165, 1.54) is 13.1 Å². The third-order valence-corrected chi connectivity index (χ3v) is 5.22. The summed E-state index contributed by atoms with van der Waals surface area (Å²) < 4.78 is 7.56. The standard InChI is InChI=1S/C24H22N2O4/c1-16(27)20-14-26-19(12-17-8-4-2-5-9-17)13-25-24(29)21(26)23(22(20)28)30-15-18-10-6-3-7-11-18/h2-11,14,19H,12-13,15H2,1H3,(H,25,29). The van der Waals surface area contributed by atoms with Gasteiger partial charge in [0.15, 0.2) is 17.2 Å². The molecule has 1 aliphatic heterocycles. The van der Waals surface area contributed by atoms with Crippen molar-refractivity contribution in [3.8, 4) is 5.75 Å². The Morgan fingerprint density at radius 2 is 1.67 bits per heavy atom. The van der Waals surface area contributed by atoms with E-state index in [2.05, 4.69) is 5.32 Å².